The van der Waals surface area contributed by atoms with Crippen LogP contribution in [0.2, 0.25) is 0 Å². The second kappa shape index (κ2) is 3.20. The van der Waals surface area contributed by atoms with Crippen LogP contribution in [0.1, 0.15) is 26.5 Å². The molecule has 13 heavy (non-hydrogen) atoms. The molecule has 0 aromatic carbocycles. The van der Waals surface area contributed by atoms with Crippen LogP contribution < -0.4 is 10.5 Å². The second-order valence-corrected chi connectivity index (χ2v) is 3.94. The van der Waals surface area contributed by atoms with Gasteiger partial charge in [0.1, 0.15) is 0 Å². The number of ether oxygens (including phenoxy) is 1. The topological polar surface area (TPSA) is 61.0 Å². The molecule has 0 aliphatic heterocycles. The number of nitrogens with zero attached hydrogens (tertiary/aromatic N) is 2. The van der Waals surface area contributed by atoms with Gasteiger partial charge in [-0.1, -0.05) is 20.8 Å². The van der Waals surface area contributed by atoms with Crippen LogP contribution in [0.3, 0.4) is 0 Å². The van der Waals surface area contributed by atoms with Crippen LogP contribution in [0.25, 0.3) is 0 Å². The van der Waals surface area contributed by atoms with E-state index in [1.165, 1.54) is 7.11 Å². The zero-order valence-electron chi connectivity index (χ0n) is 8.46. The molecule has 0 bridgehead atoms. The van der Waals surface area contributed by atoms with Gasteiger partial charge in [-0.05, 0) is 6.07 Å². The molecule has 0 spiro atoms. The Balaban J connectivity index is 3.10. The van der Waals surface area contributed by atoms with Crippen molar-refractivity contribution < 1.29 is 4.74 Å². The summed E-state index contributed by atoms with van der Waals surface area (Å²) in [6.45, 7) is 6.18. The second-order valence-electron chi connectivity index (χ2n) is 3.94. The summed E-state index contributed by atoms with van der Waals surface area (Å²) in [6.07, 6.45) is 0. The van der Waals surface area contributed by atoms with E-state index in [2.05, 4.69) is 31.0 Å². The van der Waals surface area contributed by atoms with Crippen molar-refractivity contribution in [1.82, 2.24) is 10.2 Å². The monoisotopic (exact) mass is 181 g/mol. The van der Waals surface area contributed by atoms with Gasteiger partial charge in [0.15, 0.2) is 0 Å². The largest absolute Gasteiger partial charge is 0.478 e. The summed E-state index contributed by atoms with van der Waals surface area (Å²) < 4.78 is 4.91. The Bertz CT molecular complexity index is 304. The van der Waals surface area contributed by atoms with Gasteiger partial charge in [0.25, 0.3) is 5.88 Å². The van der Waals surface area contributed by atoms with Crippen LogP contribution in [-0.2, 0) is 5.41 Å². The molecule has 0 radical (unpaired) electrons. The first-order chi connectivity index (χ1) is 5.95. The molecule has 0 aliphatic rings. The van der Waals surface area contributed by atoms with E-state index in [9.17, 15) is 0 Å². The van der Waals surface area contributed by atoms with Gasteiger partial charge in [-0.25, -0.2) is 0 Å². The van der Waals surface area contributed by atoms with Gasteiger partial charge >= 0.3 is 0 Å². The Kier molecular flexibility index (Phi) is 2.40. The lowest BCUT2D eigenvalue weighted by molar-refractivity contribution is 0.391. The Morgan fingerprint density at radius 1 is 1.31 bits per heavy atom. The maximum absolute atomic E-state index is 5.70. The molecule has 0 atom stereocenters. The maximum atomic E-state index is 5.70. The van der Waals surface area contributed by atoms with E-state index in [1.807, 2.05) is 0 Å². The van der Waals surface area contributed by atoms with E-state index in [-0.39, 0.29) is 5.41 Å². The fraction of sp³-hybridized carbons (Fsp3) is 0.556. The quantitative estimate of drug-likeness (QED) is 0.710. The molecule has 2 N–H and O–H groups in total. The smallest absolute Gasteiger partial charge is 0.256 e. The van der Waals surface area contributed by atoms with E-state index >= 15 is 0 Å². The molecular weight excluding hydrogens is 166 g/mol. The lowest BCUT2D eigenvalue weighted by Gasteiger charge is -2.17. The van der Waals surface area contributed by atoms with Crippen LogP contribution in [0.5, 0.6) is 5.88 Å². The third-order valence-electron chi connectivity index (χ3n) is 1.75. The molecule has 0 fully saturated rings. The Morgan fingerprint density at radius 2 is 1.92 bits per heavy atom. The summed E-state index contributed by atoms with van der Waals surface area (Å²) in [4.78, 5) is 0. The van der Waals surface area contributed by atoms with Crippen molar-refractivity contribution in [3.63, 3.8) is 0 Å². The number of nitrogens with two attached hydrogens (primary N) is 1. The van der Waals surface area contributed by atoms with Crippen molar-refractivity contribution in [2.75, 3.05) is 12.8 Å². The number of hydrogen-bond acceptors (Lipinski definition) is 4. The number of rotatable bonds is 1. The van der Waals surface area contributed by atoms with Gasteiger partial charge in [0, 0.05) is 5.41 Å². The average Bonchev–Trinajstić information content (AvgIpc) is 2.02. The van der Waals surface area contributed by atoms with Gasteiger partial charge in [-0.2, -0.15) is 5.10 Å². The number of anilines is 1. The van der Waals surface area contributed by atoms with E-state index < -0.39 is 0 Å². The predicted molar refractivity (Wildman–Crippen MR) is 51.7 cm³/mol. The lowest BCUT2D eigenvalue weighted by atomic mass is 9.92. The summed E-state index contributed by atoms with van der Waals surface area (Å²) in [7, 11) is 1.52. The van der Waals surface area contributed by atoms with Crippen molar-refractivity contribution in [3.8, 4) is 5.88 Å². The standard InChI is InChI=1S/C9H15N3O/c1-9(2,3)7-5-6(10)8(13-4)12-11-7/h5H,1-4H3,(H2,10,11). The summed E-state index contributed by atoms with van der Waals surface area (Å²) >= 11 is 0. The van der Waals surface area contributed by atoms with Gasteiger partial charge < -0.3 is 10.5 Å². The molecule has 1 heterocycles. The molecule has 0 aliphatic carbocycles. The number of hydrogen-bond donors (Lipinski definition) is 1. The third kappa shape index (κ3) is 2.08. The molecule has 1 aromatic heterocycles. The fourth-order valence-electron chi connectivity index (χ4n) is 0.920. The molecule has 0 saturated carbocycles. The van der Waals surface area contributed by atoms with Crippen LogP contribution in [0.15, 0.2) is 6.07 Å². The highest BCUT2D eigenvalue weighted by molar-refractivity contribution is 5.48. The van der Waals surface area contributed by atoms with E-state index in [0.717, 1.165) is 5.69 Å². The Hall–Kier alpha value is -1.32. The van der Waals surface area contributed by atoms with Crippen LogP contribution in [0.4, 0.5) is 5.69 Å². The number of nitrogen functional groups attached to an aromatic ring is 1. The highest BCUT2D eigenvalue weighted by Gasteiger charge is 2.17. The first kappa shape index (κ1) is 9.77. The molecule has 0 amide bonds. The van der Waals surface area contributed by atoms with Crippen molar-refractivity contribution in [1.29, 1.82) is 0 Å². The average molecular weight is 181 g/mol. The molecule has 4 nitrogen and oxygen atoms in total. The minimum absolute atomic E-state index is 0.0343. The molecule has 72 valence electrons. The maximum Gasteiger partial charge on any atom is 0.256 e. The number of aromatic nitrogens is 2. The van der Waals surface area contributed by atoms with Crippen molar-refractivity contribution in [2.24, 2.45) is 0 Å². The minimum Gasteiger partial charge on any atom is -0.478 e. The first-order valence-corrected chi connectivity index (χ1v) is 4.13. The SMILES string of the molecule is COc1nnc(C(C)(C)C)cc1N. The van der Waals surface area contributed by atoms with Crippen LogP contribution in [-0.4, -0.2) is 17.3 Å². The van der Waals surface area contributed by atoms with E-state index in [1.54, 1.807) is 6.07 Å². The highest BCUT2D eigenvalue weighted by Crippen LogP contribution is 2.24. The number of methoxy groups -OCH3 is 1. The van der Waals surface area contributed by atoms with E-state index in [4.69, 9.17) is 10.5 Å². The summed E-state index contributed by atoms with van der Waals surface area (Å²) in [5, 5.41) is 7.89. The van der Waals surface area contributed by atoms with Crippen LogP contribution >= 0.6 is 0 Å². The normalized spacial score (nSPS) is 11.4. The molecule has 1 aromatic rings. The van der Waals surface area contributed by atoms with Crippen molar-refractivity contribution in [3.05, 3.63) is 11.8 Å². The van der Waals surface area contributed by atoms with Crippen LogP contribution in [0, 0.1) is 0 Å². The summed E-state index contributed by atoms with van der Waals surface area (Å²) in [5.74, 6) is 0.382. The zero-order chi connectivity index (χ0) is 10.1. The zero-order valence-corrected chi connectivity index (χ0v) is 8.46. The van der Waals surface area contributed by atoms with Gasteiger partial charge in [0.05, 0.1) is 18.5 Å². The molecule has 0 saturated heterocycles. The Labute approximate surface area is 78.1 Å². The Morgan fingerprint density at radius 3 is 2.31 bits per heavy atom. The first-order valence-electron chi connectivity index (χ1n) is 4.13. The fourth-order valence-corrected chi connectivity index (χ4v) is 0.920. The lowest BCUT2D eigenvalue weighted by Crippen LogP contribution is -2.15. The van der Waals surface area contributed by atoms with Crippen molar-refractivity contribution >= 4 is 5.69 Å². The van der Waals surface area contributed by atoms with Gasteiger partial charge in [-0.15, -0.1) is 5.10 Å². The summed E-state index contributed by atoms with van der Waals surface area (Å²) in [6, 6.07) is 1.80. The minimum atomic E-state index is -0.0343. The molecule has 1 rings (SSSR count). The molecule has 0 unspecified atom stereocenters. The van der Waals surface area contributed by atoms with E-state index in [0.29, 0.717) is 11.6 Å². The molecule has 4 heteroatoms. The highest BCUT2D eigenvalue weighted by atomic mass is 16.5. The third-order valence-corrected chi connectivity index (χ3v) is 1.75. The summed E-state index contributed by atoms with van der Waals surface area (Å²) in [5.41, 5.74) is 7.06. The van der Waals surface area contributed by atoms with Gasteiger partial charge in [0.2, 0.25) is 0 Å². The molecular formula is C9H15N3O. The van der Waals surface area contributed by atoms with Gasteiger partial charge in [-0.3, -0.25) is 0 Å². The van der Waals surface area contributed by atoms with Crippen molar-refractivity contribution in [2.45, 2.75) is 26.2 Å². The predicted octanol–water partition coefficient (Wildman–Crippen LogP) is 1.36.